The number of nitrogens with two attached hydrogens (primary N) is 1. The van der Waals surface area contributed by atoms with Crippen molar-refractivity contribution in [2.75, 3.05) is 12.3 Å². The Kier molecular flexibility index (Phi) is 4.50. The summed E-state index contributed by atoms with van der Waals surface area (Å²) in [6, 6.07) is 3.62. The van der Waals surface area contributed by atoms with Gasteiger partial charge in [0.1, 0.15) is 0 Å². The van der Waals surface area contributed by atoms with Crippen LogP contribution in [0.25, 0.3) is 0 Å². The largest absolute Gasteiger partial charge is 0.478 e. The minimum absolute atomic E-state index is 0.0807. The number of sulfonamides is 1. The summed E-state index contributed by atoms with van der Waals surface area (Å²) < 4.78 is 26.9. The van der Waals surface area contributed by atoms with Crippen LogP contribution in [0.2, 0.25) is 0 Å². The number of nitrogen functional groups attached to an aromatic ring is 1. The van der Waals surface area contributed by atoms with E-state index in [2.05, 4.69) is 4.72 Å². The predicted molar refractivity (Wildman–Crippen MR) is 76.4 cm³/mol. The number of benzene rings is 1. The van der Waals surface area contributed by atoms with E-state index in [1.54, 1.807) is 0 Å². The standard InChI is InChI=1S/C13H18N2O5S/c14-9-4-5-10(13(17)18)12(6-9)21(19,20)15-7-8-2-1-3-11(8)16/h4-6,8,11,15-16H,1-3,7,14H2,(H,17,18). The molecule has 1 saturated carbocycles. The molecule has 0 bridgehead atoms. The number of nitrogens with one attached hydrogen (secondary N) is 1. The molecular weight excluding hydrogens is 296 g/mol. The Morgan fingerprint density at radius 1 is 1.38 bits per heavy atom. The zero-order valence-electron chi connectivity index (χ0n) is 11.3. The van der Waals surface area contributed by atoms with Crippen LogP contribution in [0.5, 0.6) is 0 Å². The molecule has 8 heteroatoms. The van der Waals surface area contributed by atoms with Gasteiger partial charge in [-0.05, 0) is 37.0 Å². The van der Waals surface area contributed by atoms with Gasteiger partial charge in [-0.3, -0.25) is 0 Å². The van der Waals surface area contributed by atoms with Gasteiger partial charge in [0.15, 0.2) is 0 Å². The molecule has 1 aromatic rings. The molecule has 1 fully saturated rings. The van der Waals surface area contributed by atoms with Gasteiger partial charge in [-0.25, -0.2) is 17.9 Å². The molecule has 0 aliphatic heterocycles. The van der Waals surface area contributed by atoms with Crippen molar-refractivity contribution >= 4 is 21.7 Å². The first kappa shape index (κ1) is 15.7. The summed E-state index contributed by atoms with van der Waals surface area (Å²) >= 11 is 0. The number of carboxylic acids is 1. The molecule has 2 atom stereocenters. The van der Waals surface area contributed by atoms with Gasteiger partial charge in [-0.15, -0.1) is 0 Å². The Balaban J connectivity index is 2.23. The summed E-state index contributed by atoms with van der Waals surface area (Å²) in [5.74, 6) is -1.48. The van der Waals surface area contributed by atoms with Crippen molar-refractivity contribution < 1.29 is 23.4 Å². The molecule has 0 heterocycles. The lowest BCUT2D eigenvalue weighted by molar-refractivity contribution is 0.0692. The topological polar surface area (TPSA) is 130 Å². The maximum atomic E-state index is 12.3. The smallest absolute Gasteiger partial charge is 0.337 e. The van der Waals surface area contributed by atoms with Crippen LogP contribution in [0.15, 0.2) is 23.1 Å². The van der Waals surface area contributed by atoms with Gasteiger partial charge in [-0.1, -0.05) is 6.42 Å². The van der Waals surface area contributed by atoms with E-state index < -0.39 is 22.1 Å². The second-order valence-electron chi connectivity index (χ2n) is 5.17. The van der Waals surface area contributed by atoms with Crippen molar-refractivity contribution in [1.82, 2.24) is 4.72 Å². The maximum absolute atomic E-state index is 12.3. The zero-order valence-corrected chi connectivity index (χ0v) is 12.1. The molecule has 0 spiro atoms. The Bertz CT molecular complexity index is 644. The normalized spacial score (nSPS) is 22.3. The lowest BCUT2D eigenvalue weighted by Crippen LogP contribution is -2.33. The summed E-state index contributed by atoms with van der Waals surface area (Å²) in [4.78, 5) is 10.8. The molecule has 0 radical (unpaired) electrons. The van der Waals surface area contributed by atoms with E-state index in [1.807, 2.05) is 0 Å². The van der Waals surface area contributed by atoms with Crippen LogP contribution in [-0.2, 0) is 10.0 Å². The Morgan fingerprint density at radius 3 is 2.67 bits per heavy atom. The lowest BCUT2D eigenvalue weighted by atomic mass is 10.1. The number of aromatic carboxylic acids is 1. The average Bonchev–Trinajstić information content (AvgIpc) is 2.81. The number of aliphatic hydroxyl groups is 1. The fourth-order valence-electron chi connectivity index (χ4n) is 2.49. The fraction of sp³-hybridized carbons (Fsp3) is 0.462. The van der Waals surface area contributed by atoms with Gasteiger partial charge in [-0.2, -0.15) is 0 Å². The van der Waals surface area contributed by atoms with Crippen LogP contribution in [0.4, 0.5) is 5.69 Å². The molecule has 116 valence electrons. The number of anilines is 1. The first-order valence-corrected chi connectivity index (χ1v) is 8.10. The van der Waals surface area contributed by atoms with Gasteiger partial charge in [0.25, 0.3) is 0 Å². The van der Waals surface area contributed by atoms with Crippen LogP contribution in [-0.4, -0.2) is 37.2 Å². The second-order valence-corrected chi connectivity index (χ2v) is 6.91. The molecule has 0 saturated heterocycles. The van der Waals surface area contributed by atoms with Gasteiger partial charge >= 0.3 is 5.97 Å². The zero-order chi connectivity index (χ0) is 15.6. The number of rotatable bonds is 5. The quantitative estimate of drug-likeness (QED) is 0.582. The molecule has 1 aliphatic carbocycles. The number of carbonyl (C=O) groups is 1. The summed E-state index contributed by atoms with van der Waals surface area (Å²) in [6.07, 6.45) is 1.73. The minimum Gasteiger partial charge on any atom is -0.478 e. The van der Waals surface area contributed by atoms with Gasteiger partial charge < -0.3 is 15.9 Å². The molecule has 1 aromatic carbocycles. The van der Waals surface area contributed by atoms with Gasteiger partial charge in [0.05, 0.1) is 16.6 Å². The van der Waals surface area contributed by atoms with Gasteiger partial charge in [0, 0.05) is 12.2 Å². The number of hydrogen-bond acceptors (Lipinski definition) is 5. The van der Waals surface area contributed by atoms with E-state index in [0.717, 1.165) is 25.0 Å². The third kappa shape index (κ3) is 3.52. The Labute approximate surface area is 122 Å². The molecule has 21 heavy (non-hydrogen) atoms. The van der Waals surface area contributed by atoms with Crippen molar-refractivity contribution in [3.05, 3.63) is 23.8 Å². The van der Waals surface area contributed by atoms with Crippen molar-refractivity contribution in [2.45, 2.75) is 30.3 Å². The fourth-order valence-corrected chi connectivity index (χ4v) is 3.81. The van der Waals surface area contributed by atoms with Crippen molar-refractivity contribution in [1.29, 1.82) is 0 Å². The van der Waals surface area contributed by atoms with E-state index >= 15 is 0 Å². The average molecular weight is 314 g/mol. The third-order valence-electron chi connectivity index (χ3n) is 3.68. The highest BCUT2D eigenvalue weighted by Crippen LogP contribution is 2.26. The summed E-state index contributed by atoms with van der Waals surface area (Å²) in [5, 5.41) is 18.8. The van der Waals surface area contributed by atoms with E-state index in [-0.39, 0.29) is 28.6 Å². The molecule has 0 amide bonds. The Hall–Kier alpha value is -1.64. The van der Waals surface area contributed by atoms with Crippen LogP contribution in [0.1, 0.15) is 29.6 Å². The van der Waals surface area contributed by atoms with E-state index in [1.165, 1.54) is 6.07 Å². The van der Waals surface area contributed by atoms with E-state index in [0.29, 0.717) is 6.42 Å². The summed E-state index contributed by atoms with van der Waals surface area (Å²) in [6.45, 7) is 0.0807. The summed E-state index contributed by atoms with van der Waals surface area (Å²) in [7, 11) is -3.99. The minimum atomic E-state index is -3.99. The molecule has 0 aromatic heterocycles. The molecule has 1 aliphatic rings. The molecular formula is C13H18N2O5S. The molecule has 2 unspecified atom stereocenters. The van der Waals surface area contributed by atoms with Crippen LogP contribution in [0, 0.1) is 5.92 Å². The number of aliphatic hydroxyl groups excluding tert-OH is 1. The number of hydrogen-bond donors (Lipinski definition) is 4. The SMILES string of the molecule is Nc1ccc(C(=O)O)c(S(=O)(=O)NCC2CCCC2O)c1. The van der Waals surface area contributed by atoms with Crippen molar-refractivity contribution in [3.63, 3.8) is 0 Å². The first-order chi connectivity index (χ1) is 9.81. The first-order valence-electron chi connectivity index (χ1n) is 6.62. The van der Waals surface area contributed by atoms with E-state index in [4.69, 9.17) is 10.8 Å². The van der Waals surface area contributed by atoms with E-state index in [9.17, 15) is 18.3 Å². The highest BCUT2D eigenvalue weighted by Gasteiger charge is 2.28. The lowest BCUT2D eigenvalue weighted by Gasteiger charge is -2.16. The molecule has 5 N–H and O–H groups in total. The number of carboxylic acid groups (broad SMARTS) is 1. The Morgan fingerprint density at radius 2 is 2.10 bits per heavy atom. The van der Waals surface area contributed by atoms with Crippen molar-refractivity contribution in [3.8, 4) is 0 Å². The van der Waals surface area contributed by atoms with Crippen molar-refractivity contribution in [2.24, 2.45) is 5.92 Å². The highest BCUT2D eigenvalue weighted by molar-refractivity contribution is 7.89. The van der Waals surface area contributed by atoms with Crippen LogP contribution >= 0.6 is 0 Å². The monoisotopic (exact) mass is 314 g/mol. The third-order valence-corrected chi connectivity index (χ3v) is 5.14. The maximum Gasteiger partial charge on any atom is 0.337 e. The summed E-state index contributed by atoms with van der Waals surface area (Å²) in [5.41, 5.74) is 5.38. The van der Waals surface area contributed by atoms with Crippen LogP contribution in [0.3, 0.4) is 0 Å². The molecule has 7 nitrogen and oxygen atoms in total. The van der Waals surface area contributed by atoms with Crippen LogP contribution < -0.4 is 10.5 Å². The molecule has 2 rings (SSSR count). The second kappa shape index (κ2) is 6.00. The van der Waals surface area contributed by atoms with Gasteiger partial charge in [0.2, 0.25) is 10.0 Å². The highest BCUT2D eigenvalue weighted by atomic mass is 32.2. The predicted octanol–water partition coefficient (Wildman–Crippen LogP) is 0.406.